The molecule has 3 fully saturated rings. The van der Waals surface area contributed by atoms with Crippen molar-refractivity contribution in [1.82, 2.24) is 0 Å². The van der Waals surface area contributed by atoms with Gasteiger partial charge in [-0.3, -0.25) is 4.79 Å². The molecule has 0 radical (unpaired) electrons. The first-order chi connectivity index (χ1) is 14.2. The Morgan fingerprint density at radius 3 is 2.34 bits per heavy atom. The van der Waals surface area contributed by atoms with Crippen molar-refractivity contribution in [3.8, 4) is 5.75 Å². The van der Waals surface area contributed by atoms with Gasteiger partial charge in [-0.25, -0.2) is 0 Å². The molecular formula is C25H40O3S. The molecule has 1 heterocycles. The van der Waals surface area contributed by atoms with Crippen molar-refractivity contribution < 1.29 is 13.7 Å². The second-order valence-corrected chi connectivity index (χ2v) is 8.84. The fourth-order valence-corrected chi connectivity index (χ4v) is 5.68. The molecule has 1 aromatic rings. The van der Waals surface area contributed by atoms with Crippen LogP contribution in [-0.4, -0.2) is 23.2 Å². The van der Waals surface area contributed by atoms with Gasteiger partial charge in [0.15, 0.2) is 5.78 Å². The number of ether oxygens (including phenoxy) is 1. The highest BCUT2D eigenvalue weighted by atomic mass is 32.2. The van der Waals surface area contributed by atoms with Crippen molar-refractivity contribution in [1.29, 1.82) is 0 Å². The number of epoxide rings is 1. The molecule has 2 saturated carbocycles. The maximum absolute atomic E-state index is 12.0. The van der Waals surface area contributed by atoms with E-state index in [1.807, 2.05) is 27.7 Å². The lowest BCUT2D eigenvalue weighted by Gasteiger charge is -2.36. The zero-order valence-electron chi connectivity index (χ0n) is 19.1. The molecule has 0 N–H and O–H groups in total. The number of rotatable bonds is 6. The minimum Gasteiger partial charge on any atom is -0.426 e. The lowest BCUT2D eigenvalue weighted by molar-refractivity contribution is -0.122. The van der Waals surface area contributed by atoms with Crippen LogP contribution in [0.1, 0.15) is 91.5 Å². The minimum atomic E-state index is -0.0460. The summed E-state index contributed by atoms with van der Waals surface area (Å²) in [4.78, 5) is 12.0. The minimum absolute atomic E-state index is 0.0460. The van der Waals surface area contributed by atoms with Crippen LogP contribution < -0.4 is 4.18 Å². The molecule has 5 atom stereocenters. The van der Waals surface area contributed by atoms with Crippen molar-refractivity contribution in [2.24, 2.45) is 11.8 Å². The van der Waals surface area contributed by atoms with Crippen LogP contribution in [0.25, 0.3) is 0 Å². The van der Waals surface area contributed by atoms with E-state index in [1.165, 1.54) is 31.2 Å². The first kappa shape index (κ1) is 24.3. The van der Waals surface area contributed by atoms with E-state index in [9.17, 15) is 4.79 Å². The quantitative estimate of drug-likeness (QED) is 0.360. The molecule has 2 aliphatic carbocycles. The highest BCUT2D eigenvalue weighted by Crippen LogP contribution is 2.50. The van der Waals surface area contributed by atoms with Gasteiger partial charge in [-0.05, 0) is 67.6 Å². The molecule has 0 aromatic heterocycles. The van der Waals surface area contributed by atoms with E-state index in [0.29, 0.717) is 35.2 Å². The van der Waals surface area contributed by atoms with Gasteiger partial charge >= 0.3 is 0 Å². The van der Waals surface area contributed by atoms with E-state index >= 15 is 0 Å². The summed E-state index contributed by atoms with van der Waals surface area (Å²) in [5, 5.41) is 0.489. The van der Waals surface area contributed by atoms with Crippen LogP contribution in [0.3, 0.4) is 0 Å². The summed E-state index contributed by atoms with van der Waals surface area (Å²) >= 11 is 1.60. The number of carbonyl (C=O) groups excluding carboxylic acids is 1. The SMILES string of the molecule is CC.CC.CCC(CC)c1ccc(OSC2CCC3C(CC(=O)C4OC43)C2)cc1. The van der Waals surface area contributed by atoms with Crippen molar-refractivity contribution in [2.45, 2.75) is 103 Å². The zero-order chi connectivity index (χ0) is 21.4. The van der Waals surface area contributed by atoms with Gasteiger partial charge < -0.3 is 8.92 Å². The largest absolute Gasteiger partial charge is 0.426 e. The Morgan fingerprint density at radius 2 is 1.72 bits per heavy atom. The average Bonchev–Trinajstić information content (AvgIpc) is 3.59. The number of carbonyl (C=O) groups is 1. The normalized spacial score (nSPS) is 29.5. The third kappa shape index (κ3) is 6.01. The van der Waals surface area contributed by atoms with Crippen LogP contribution in [0.5, 0.6) is 5.75 Å². The number of hydrogen-bond acceptors (Lipinski definition) is 4. The fraction of sp³-hybridized carbons (Fsp3) is 0.720. The Morgan fingerprint density at radius 1 is 1.07 bits per heavy atom. The summed E-state index contributed by atoms with van der Waals surface area (Å²) < 4.78 is 11.6. The van der Waals surface area contributed by atoms with Gasteiger partial charge in [-0.1, -0.05) is 53.7 Å². The Hall–Kier alpha value is -1.00. The van der Waals surface area contributed by atoms with Gasteiger partial charge in [0.2, 0.25) is 0 Å². The van der Waals surface area contributed by atoms with Gasteiger partial charge in [0.1, 0.15) is 11.9 Å². The Labute approximate surface area is 182 Å². The van der Waals surface area contributed by atoms with Crippen molar-refractivity contribution in [3.63, 3.8) is 0 Å². The summed E-state index contributed by atoms with van der Waals surface area (Å²) in [7, 11) is 0. The monoisotopic (exact) mass is 420 g/mol. The van der Waals surface area contributed by atoms with Crippen molar-refractivity contribution >= 4 is 17.8 Å². The molecule has 0 amide bonds. The van der Waals surface area contributed by atoms with Crippen LogP contribution in [0.4, 0.5) is 0 Å². The maximum atomic E-state index is 12.0. The third-order valence-corrected chi connectivity index (χ3v) is 7.33. The van der Waals surface area contributed by atoms with Crippen molar-refractivity contribution in [2.75, 3.05) is 0 Å². The molecular weight excluding hydrogens is 380 g/mol. The van der Waals surface area contributed by atoms with E-state index in [2.05, 4.69) is 38.1 Å². The lowest BCUT2D eigenvalue weighted by Crippen LogP contribution is -2.37. The van der Waals surface area contributed by atoms with E-state index in [1.54, 1.807) is 12.0 Å². The van der Waals surface area contributed by atoms with Gasteiger partial charge in [0.05, 0.1) is 18.1 Å². The lowest BCUT2D eigenvalue weighted by atomic mass is 9.70. The van der Waals surface area contributed by atoms with E-state index in [-0.39, 0.29) is 12.2 Å². The third-order valence-electron chi connectivity index (χ3n) is 6.34. The average molecular weight is 421 g/mol. The maximum Gasteiger partial charge on any atom is 0.164 e. The Balaban J connectivity index is 0.000000707. The summed E-state index contributed by atoms with van der Waals surface area (Å²) in [5.74, 6) is 3.03. The van der Waals surface area contributed by atoms with Gasteiger partial charge in [0, 0.05) is 11.7 Å². The van der Waals surface area contributed by atoms with Crippen LogP contribution in [-0.2, 0) is 9.53 Å². The molecule has 29 heavy (non-hydrogen) atoms. The van der Waals surface area contributed by atoms with E-state index < -0.39 is 0 Å². The van der Waals surface area contributed by atoms with Crippen LogP contribution in [0.2, 0.25) is 0 Å². The smallest absolute Gasteiger partial charge is 0.164 e. The molecule has 0 spiro atoms. The number of benzene rings is 1. The number of Topliss-reactive ketones (excluding diaryl/α,β-unsaturated/α-hetero) is 1. The molecule has 5 unspecified atom stereocenters. The predicted molar refractivity (Wildman–Crippen MR) is 124 cm³/mol. The van der Waals surface area contributed by atoms with Gasteiger partial charge in [-0.15, -0.1) is 0 Å². The summed E-state index contributed by atoms with van der Waals surface area (Å²) in [6.07, 6.45) is 6.70. The molecule has 4 rings (SSSR count). The van der Waals surface area contributed by atoms with Gasteiger partial charge in [-0.2, -0.15) is 0 Å². The Bertz CT molecular complexity index is 611. The van der Waals surface area contributed by atoms with E-state index in [4.69, 9.17) is 8.92 Å². The molecule has 3 nitrogen and oxygen atoms in total. The van der Waals surface area contributed by atoms with E-state index in [0.717, 1.165) is 12.2 Å². The molecule has 3 aliphatic rings. The predicted octanol–water partition coefficient (Wildman–Crippen LogP) is 7.19. The molecule has 1 aliphatic heterocycles. The number of hydrogen-bond donors (Lipinski definition) is 0. The summed E-state index contributed by atoms with van der Waals surface area (Å²) in [6.45, 7) is 12.5. The standard InChI is InChI=1S/C21H28O3S.2C2H6/c1-3-13(4-2)14-5-7-16(8-6-14)24-25-17-9-10-18-15(11-17)12-19(22)21-20(18)23-21;2*1-2/h5-8,13,15,17-18,20-21H,3-4,9-12H2,1-2H3;2*1-2H3. The highest BCUT2D eigenvalue weighted by Gasteiger charge is 2.57. The van der Waals surface area contributed by atoms with Gasteiger partial charge in [0.25, 0.3) is 0 Å². The fourth-order valence-electron chi connectivity index (χ4n) is 4.76. The zero-order valence-corrected chi connectivity index (χ0v) is 20.0. The highest BCUT2D eigenvalue weighted by molar-refractivity contribution is 7.95. The van der Waals surface area contributed by atoms with Crippen LogP contribution in [0, 0.1) is 11.8 Å². The second kappa shape index (κ2) is 12.0. The molecule has 0 bridgehead atoms. The molecule has 1 aromatic carbocycles. The van der Waals surface area contributed by atoms with Crippen LogP contribution in [0.15, 0.2) is 24.3 Å². The molecule has 164 valence electrons. The second-order valence-electron chi connectivity index (χ2n) is 7.81. The first-order valence-corrected chi connectivity index (χ1v) is 12.6. The number of ketones is 1. The van der Waals surface area contributed by atoms with Crippen LogP contribution >= 0.6 is 12.0 Å². The molecule has 1 saturated heterocycles. The van der Waals surface area contributed by atoms with Crippen molar-refractivity contribution in [3.05, 3.63) is 29.8 Å². The molecule has 4 heteroatoms. The number of fused-ring (bicyclic) bond motifs is 3. The summed E-state index contributed by atoms with van der Waals surface area (Å²) in [6, 6.07) is 8.60. The topological polar surface area (TPSA) is 38.8 Å². The first-order valence-electron chi connectivity index (χ1n) is 11.8. The Kier molecular flexibility index (Phi) is 10.0. The summed E-state index contributed by atoms with van der Waals surface area (Å²) in [5.41, 5.74) is 1.41.